The van der Waals surface area contributed by atoms with Gasteiger partial charge in [0.1, 0.15) is 9.84 Å². The highest BCUT2D eigenvalue weighted by atomic mass is 35.5. The van der Waals surface area contributed by atoms with E-state index in [1.807, 2.05) is 0 Å². The van der Waals surface area contributed by atoms with Crippen molar-refractivity contribution in [2.75, 3.05) is 16.8 Å². The molecule has 7 heteroatoms. The monoisotopic (exact) mass is 278 g/mol. The number of anilines is 1. The van der Waals surface area contributed by atoms with E-state index >= 15 is 0 Å². The van der Waals surface area contributed by atoms with Gasteiger partial charge in [0.2, 0.25) is 0 Å². The summed E-state index contributed by atoms with van der Waals surface area (Å²) in [7, 11) is -2.90. The molecule has 0 radical (unpaired) electrons. The SMILES string of the molecule is O=S1(=O)CCC(Nc2ncc(Cl)cc2F)CC1. The van der Waals surface area contributed by atoms with Crippen LogP contribution in [0.2, 0.25) is 5.02 Å². The Balaban J connectivity index is 2.02. The van der Waals surface area contributed by atoms with Crippen LogP contribution in [0.15, 0.2) is 12.3 Å². The zero-order chi connectivity index (χ0) is 12.5. The first-order valence-corrected chi connectivity index (χ1v) is 7.44. The van der Waals surface area contributed by atoms with E-state index in [9.17, 15) is 12.8 Å². The maximum atomic E-state index is 13.4. The van der Waals surface area contributed by atoms with Crippen LogP contribution in [-0.4, -0.2) is 30.9 Å². The van der Waals surface area contributed by atoms with Crippen molar-refractivity contribution < 1.29 is 12.8 Å². The van der Waals surface area contributed by atoms with Crippen LogP contribution < -0.4 is 5.32 Å². The fourth-order valence-corrected chi connectivity index (χ4v) is 3.38. The molecule has 0 aliphatic carbocycles. The smallest absolute Gasteiger partial charge is 0.166 e. The average Bonchev–Trinajstić information content (AvgIpc) is 2.25. The van der Waals surface area contributed by atoms with Gasteiger partial charge in [-0.25, -0.2) is 17.8 Å². The summed E-state index contributed by atoms with van der Waals surface area (Å²) in [6.07, 6.45) is 2.31. The van der Waals surface area contributed by atoms with Gasteiger partial charge in [-0.15, -0.1) is 0 Å². The van der Waals surface area contributed by atoms with Gasteiger partial charge in [0, 0.05) is 12.2 Å². The van der Waals surface area contributed by atoms with Crippen molar-refractivity contribution in [1.29, 1.82) is 0 Å². The molecule has 2 heterocycles. The molecule has 1 fully saturated rings. The average molecular weight is 279 g/mol. The summed E-state index contributed by atoms with van der Waals surface area (Å²) in [6.45, 7) is 0. The Bertz CT molecular complexity index is 507. The lowest BCUT2D eigenvalue weighted by Gasteiger charge is -2.23. The maximum absolute atomic E-state index is 13.4. The molecule has 0 spiro atoms. The normalized spacial score (nSPS) is 20.1. The van der Waals surface area contributed by atoms with Crippen molar-refractivity contribution in [2.24, 2.45) is 0 Å². The molecule has 0 unspecified atom stereocenters. The van der Waals surface area contributed by atoms with Crippen molar-refractivity contribution >= 4 is 27.3 Å². The third kappa shape index (κ3) is 3.29. The lowest BCUT2D eigenvalue weighted by Crippen LogP contribution is -2.32. The molecule has 17 heavy (non-hydrogen) atoms. The van der Waals surface area contributed by atoms with E-state index in [1.165, 1.54) is 12.3 Å². The van der Waals surface area contributed by atoms with Crippen LogP contribution in [0.5, 0.6) is 0 Å². The second-order valence-corrected chi connectivity index (χ2v) is 6.79. The predicted molar refractivity (Wildman–Crippen MR) is 64.5 cm³/mol. The number of nitrogens with zero attached hydrogens (tertiary/aromatic N) is 1. The van der Waals surface area contributed by atoms with E-state index < -0.39 is 15.7 Å². The molecule has 1 aromatic rings. The second kappa shape index (κ2) is 4.78. The van der Waals surface area contributed by atoms with Gasteiger partial charge < -0.3 is 5.32 Å². The van der Waals surface area contributed by atoms with Gasteiger partial charge in [0.15, 0.2) is 11.6 Å². The van der Waals surface area contributed by atoms with Crippen LogP contribution in [0.3, 0.4) is 0 Å². The van der Waals surface area contributed by atoms with Crippen molar-refractivity contribution in [3.63, 3.8) is 0 Å². The summed E-state index contributed by atoms with van der Waals surface area (Å²) in [5.74, 6) is -0.121. The molecule has 0 aromatic carbocycles. The number of hydrogen-bond donors (Lipinski definition) is 1. The maximum Gasteiger partial charge on any atom is 0.166 e. The van der Waals surface area contributed by atoms with E-state index in [0.717, 1.165) is 0 Å². The summed E-state index contributed by atoms with van der Waals surface area (Å²) < 4.78 is 35.9. The molecule has 4 nitrogen and oxygen atoms in total. The van der Waals surface area contributed by atoms with Crippen molar-refractivity contribution in [2.45, 2.75) is 18.9 Å². The quantitative estimate of drug-likeness (QED) is 0.897. The summed E-state index contributed by atoms with van der Waals surface area (Å²) >= 11 is 5.59. The van der Waals surface area contributed by atoms with Crippen LogP contribution in [0.25, 0.3) is 0 Å². The van der Waals surface area contributed by atoms with Gasteiger partial charge in [-0.1, -0.05) is 11.6 Å². The van der Waals surface area contributed by atoms with Gasteiger partial charge in [-0.2, -0.15) is 0 Å². The lowest BCUT2D eigenvalue weighted by atomic mass is 10.1. The number of rotatable bonds is 2. The Hall–Kier alpha value is -0.880. The summed E-state index contributed by atoms with van der Waals surface area (Å²) in [5.41, 5.74) is 0. The first-order chi connectivity index (χ1) is 7.96. The zero-order valence-electron chi connectivity index (χ0n) is 8.99. The molecular formula is C10H12ClFN2O2S. The highest BCUT2D eigenvalue weighted by Gasteiger charge is 2.24. The first kappa shape index (κ1) is 12.6. The molecule has 0 saturated carbocycles. The number of nitrogens with one attached hydrogen (secondary N) is 1. The van der Waals surface area contributed by atoms with Crippen LogP contribution in [0.1, 0.15) is 12.8 Å². The number of pyridine rings is 1. The number of sulfone groups is 1. The molecule has 0 bridgehead atoms. The van der Waals surface area contributed by atoms with E-state index in [-0.39, 0.29) is 28.4 Å². The third-order valence-electron chi connectivity index (χ3n) is 2.70. The van der Waals surface area contributed by atoms with Crippen LogP contribution >= 0.6 is 11.6 Å². The number of aromatic nitrogens is 1. The molecule has 0 atom stereocenters. The number of halogens is 2. The van der Waals surface area contributed by atoms with Gasteiger partial charge in [0.25, 0.3) is 0 Å². The van der Waals surface area contributed by atoms with Crippen LogP contribution in [0, 0.1) is 5.82 Å². The first-order valence-electron chi connectivity index (χ1n) is 5.24. The molecule has 1 aromatic heterocycles. The topological polar surface area (TPSA) is 59.1 Å². The molecule has 0 amide bonds. The minimum atomic E-state index is -2.90. The van der Waals surface area contributed by atoms with E-state index in [1.54, 1.807) is 0 Å². The van der Waals surface area contributed by atoms with Crippen molar-refractivity contribution in [3.8, 4) is 0 Å². The zero-order valence-corrected chi connectivity index (χ0v) is 10.6. The Kier molecular flexibility index (Phi) is 3.53. The van der Waals surface area contributed by atoms with Gasteiger partial charge >= 0.3 is 0 Å². The van der Waals surface area contributed by atoms with Crippen LogP contribution in [-0.2, 0) is 9.84 Å². The largest absolute Gasteiger partial charge is 0.365 e. The minimum Gasteiger partial charge on any atom is -0.365 e. The Labute approximate surface area is 104 Å². The van der Waals surface area contributed by atoms with Gasteiger partial charge in [-0.3, -0.25) is 0 Å². The van der Waals surface area contributed by atoms with Gasteiger partial charge in [0.05, 0.1) is 16.5 Å². The molecule has 1 N–H and O–H groups in total. The summed E-state index contributed by atoms with van der Waals surface area (Å²) in [4.78, 5) is 3.84. The Morgan fingerprint density at radius 2 is 2.06 bits per heavy atom. The molecular weight excluding hydrogens is 267 g/mol. The second-order valence-electron chi connectivity index (χ2n) is 4.05. The Morgan fingerprint density at radius 3 is 2.65 bits per heavy atom. The molecule has 1 aliphatic heterocycles. The predicted octanol–water partition coefficient (Wildman–Crippen LogP) is 1.86. The molecule has 1 aliphatic rings. The third-order valence-corrected chi connectivity index (χ3v) is 4.63. The van der Waals surface area contributed by atoms with Crippen molar-refractivity contribution in [3.05, 3.63) is 23.1 Å². The summed E-state index contributed by atoms with van der Waals surface area (Å²) in [5, 5.41) is 3.14. The van der Waals surface area contributed by atoms with E-state index in [2.05, 4.69) is 10.3 Å². The van der Waals surface area contributed by atoms with Gasteiger partial charge in [-0.05, 0) is 18.9 Å². The standard InChI is InChI=1S/C10H12ClFN2O2S/c11-7-5-9(12)10(13-6-7)14-8-1-3-17(15,16)4-2-8/h5-6,8H,1-4H2,(H,13,14). The Morgan fingerprint density at radius 1 is 1.41 bits per heavy atom. The van der Waals surface area contributed by atoms with E-state index in [0.29, 0.717) is 12.8 Å². The molecule has 94 valence electrons. The highest BCUT2D eigenvalue weighted by Crippen LogP contribution is 2.20. The summed E-state index contributed by atoms with van der Waals surface area (Å²) in [6, 6.07) is 1.12. The van der Waals surface area contributed by atoms with Crippen molar-refractivity contribution in [1.82, 2.24) is 4.98 Å². The molecule has 1 saturated heterocycles. The minimum absolute atomic E-state index is 0.0540. The fourth-order valence-electron chi connectivity index (χ4n) is 1.75. The molecule has 2 rings (SSSR count). The lowest BCUT2D eigenvalue weighted by molar-refractivity contribution is 0.555. The number of hydrogen-bond acceptors (Lipinski definition) is 4. The highest BCUT2D eigenvalue weighted by molar-refractivity contribution is 7.91. The van der Waals surface area contributed by atoms with Crippen LogP contribution in [0.4, 0.5) is 10.2 Å². The fraction of sp³-hybridized carbons (Fsp3) is 0.500. The van der Waals surface area contributed by atoms with E-state index in [4.69, 9.17) is 11.6 Å².